The monoisotopic (exact) mass is 163 g/mol. The molecular formula is C9H13N3. The number of likely N-dealkylation sites (tertiary alicyclic amines) is 1. The van der Waals surface area contributed by atoms with Crippen LogP contribution in [0.4, 0.5) is 0 Å². The first-order valence-corrected chi connectivity index (χ1v) is 4.24. The molecule has 0 N–H and O–H groups in total. The number of aromatic nitrogens is 2. The summed E-state index contributed by atoms with van der Waals surface area (Å²) in [4.78, 5) is 10.9. The van der Waals surface area contributed by atoms with Crippen LogP contribution in [-0.2, 0) is 0 Å². The molecule has 1 fully saturated rings. The van der Waals surface area contributed by atoms with Gasteiger partial charge >= 0.3 is 0 Å². The molecule has 2 heterocycles. The number of aryl methyl sites for hydroxylation is 1. The van der Waals surface area contributed by atoms with Gasteiger partial charge in [-0.3, -0.25) is 0 Å². The minimum Gasteiger partial charge on any atom is -0.305 e. The summed E-state index contributed by atoms with van der Waals surface area (Å²) >= 11 is 0. The van der Waals surface area contributed by atoms with Gasteiger partial charge in [0, 0.05) is 30.9 Å². The first-order chi connectivity index (χ1) is 5.75. The fraction of sp³-hybridized carbons (Fsp3) is 0.556. The van der Waals surface area contributed by atoms with Crippen molar-refractivity contribution in [2.24, 2.45) is 0 Å². The summed E-state index contributed by atoms with van der Waals surface area (Å²) in [7, 11) is 2.12. The highest BCUT2D eigenvalue weighted by molar-refractivity contribution is 5.08. The smallest absolute Gasteiger partial charge is 0.134 e. The third kappa shape index (κ3) is 1.32. The molecule has 0 aromatic carbocycles. The van der Waals surface area contributed by atoms with Gasteiger partial charge in [0.1, 0.15) is 5.82 Å². The molecule has 1 aromatic heterocycles. The van der Waals surface area contributed by atoms with Gasteiger partial charge in [0.2, 0.25) is 0 Å². The summed E-state index contributed by atoms with van der Waals surface area (Å²) in [6.45, 7) is 4.21. The Hall–Kier alpha value is -0.960. The topological polar surface area (TPSA) is 29.0 Å². The van der Waals surface area contributed by atoms with Crippen molar-refractivity contribution in [3.8, 4) is 0 Å². The maximum absolute atomic E-state index is 4.39. The molecule has 1 aliphatic rings. The minimum atomic E-state index is 0.565. The normalized spacial score (nSPS) is 19.2. The summed E-state index contributed by atoms with van der Waals surface area (Å²) in [5.74, 6) is 1.57. The van der Waals surface area contributed by atoms with Crippen molar-refractivity contribution in [2.45, 2.75) is 12.8 Å². The highest BCUT2D eigenvalue weighted by Gasteiger charge is 2.26. The van der Waals surface area contributed by atoms with Gasteiger partial charge in [-0.2, -0.15) is 0 Å². The Morgan fingerprint density at radius 3 is 2.83 bits per heavy atom. The van der Waals surface area contributed by atoms with E-state index in [1.54, 1.807) is 0 Å². The molecule has 0 aliphatic carbocycles. The second-order valence-electron chi connectivity index (χ2n) is 3.47. The van der Waals surface area contributed by atoms with Gasteiger partial charge in [-0.25, -0.2) is 9.97 Å². The van der Waals surface area contributed by atoms with Gasteiger partial charge in [0.25, 0.3) is 0 Å². The van der Waals surface area contributed by atoms with Crippen molar-refractivity contribution in [3.05, 3.63) is 23.8 Å². The molecule has 0 amide bonds. The highest BCUT2D eigenvalue weighted by atomic mass is 15.2. The van der Waals surface area contributed by atoms with Gasteiger partial charge in [0.15, 0.2) is 0 Å². The zero-order chi connectivity index (χ0) is 8.55. The predicted molar refractivity (Wildman–Crippen MR) is 47.0 cm³/mol. The standard InChI is InChI=1S/C9H13N3/c1-7-3-4-10-9(11-7)8-5-12(2)6-8/h3-4,8H,5-6H2,1-2H3. The van der Waals surface area contributed by atoms with Crippen LogP contribution in [0, 0.1) is 6.92 Å². The van der Waals surface area contributed by atoms with Crippen LogP contribution >= 0.6 is 0 Å². The fourth-order valence-electron chi connectivity index (χ4n) is 1.53. The van der Waals surface area contributed by atoms with E-state index in [2.05, 4.69) is 21.9 Å². The number of hydrogen-bond donors (Lipinski definition) is 0. The molecule has 2 rings (SSSR count). The van der Waals surface area contributed by atoms with Gasteiger partial charge in [-0.15, -0.1) is 0 Å². The van der Waals surface area contributed by atoms with Gasteiger partial charge in [-0.05, 0) is 20.0 Å². The second-order valence-corrected chi connectivity index (χ2v) is 3.47. The number of likely N-dealkylation sites (N-methyl/N-ethyl adjacent to an activating group) is 1. The van der Waals surface area contributed by atoms with E-state index in [-0.39, 0.29) is 0 Å². The van der Waals surface area contributed by atoms with Gasteiger partial charge < -0.3 is 4.90 Å². The first-order valence-electron chi connectivity index (χ1n) is 4.24. The van der Waals surface area contributed by atoms with Gasteiger partial charge in [0.05, 0.1) is 0 Å². The van der Waals surface area contributed by atoms with Crippen LogP contribution in [0.2, 0.25) is 0 Å². The predicted octanol–water partition coefficient (Wildman–Crippen LogP) is 0.814. The molecule has 1 aromatic rings. The Morgan fingerprint density at radius 2 is 2.25 bits per heavy atom. The molecule has 12 heavy (non-hydrogen) atoms. The molecule has 0 bridgehead atoms. The molecule has 0 atom stereocenters. The Kier molecular flexibility index (Phi) is 1.81. The maximum Gasteiger partial charge on any atom is 0.134 e. The Bertz CT molecular complexity index is 279. The Morgan fingerprint density at radius 1 is 1.50 bits per heavy atom. The molecule has 3 nitrogen and oxygen atoms in total. The van der Waals surface area contributed by atoms with E-state index in [1.807, 2.05) is 19.2 Å². The third-order valence-electron chi connectivity index (χ3n) is 2.24. The van der Waals surface area contributed by atoms with Crippen molar-refractivity contribution in [1.82, 2.24) is 14.9 Å². The first kappa shape index (κ1) is 7.68. The highest BCUT2D eigenvalue weighted by Crippen LogP contribution is 2.21. The lowest BCUT2D eigenvalue weighted by Crippen LogP contribution is -2.42. The fourth-order valence-corrected chi connectivity index (χ4v) is 1.53. The van der Waals surface area contributed by atoms with Crippen LogP contribution in [-0.4, -0.2) is 35.0 Å². The number of rotatable bonds is 1. The zero-order valence-corrected chi connectivity index (χ0v) is 7.49. The van der Waals surface area contributed by atoms with Crippen LogP contribution < -0.4 is 0 Å². The average molecular weight is 163 g/mol. The second kappa shape index (κ2) is 2.83. The average Bonchev–Trinajstić information content (AvgIpc) is 1.99. The molecule has 0 saturated carbocycles. The maximum atomic E-state index is 4.39. The lowest BCUT2D eigenvalue weighted by Gasteiger charge is -2.34. The van der Waals surface area contributed by atoms with E-state index >= 15 is 0 Å². The Labute approximate surface area is 72.4 Å². The third-order valence-corrected chi connectivity index (χ3v) is 2.24. The molecule has 0 unspecified atom stereocenters. The number of hydrogen-bond acceptors (Lipinski definition) is 3. The quantitative estimate of drug-likeness (QED) is 0.613. The summed E-state index contributed by atoms with van der Waals surface area (Å²) in [5.41, 5.74) is 1.06. The van der Waals surface area contributed by atoms with E-state index in [1.165, 1.54) is 0 Å². The van der Waals surface area contributed by atoms with Crippen molar-refractivity contribution in [3.63, 3.8) is 0 Å². The van der Waals surface area contributed by atoms with E-state index < -0.39 is 0 Å². The summed E-state index contributed by atoms with van der Waals surface area (Å²) in [5, 5.41) is 0. The number of nitrogens with zero attached hydrogens (tertiary/aromatic N) is 3. The largest absolute Gasteiger partial charge is 0.305 e. The van der Waals surface area contributed by atoms with Crippen LogP contribution in [0.3, 0.4) is 0 Å². The lowest BCUT2D eigenvalue weighted by atomic mass is 10.0. The SMILES string of the molecule is Cc1ccnc(C2CN(C)C2)n1. The van der Waals surface area contributed by atoms with E-state index in [0.29, 0.717) is 5.92 Å². The lowest BCUT2D eigenvalue weighted by molar-refractivity contribution is 0.183. The van der Waals surface area contributed by atoms with Crippen molar-refractivity contribution in [1.29, 1.82) is 0 Å². The molecular weight excluding hydrogens is 150 g/mol. The Balaban J connectivity index is 2.13. The molecule has 0 spiro atoms. The van der Waals surface area contributed by atoms with Crippen LogP contribution in [0.1, 0.15) is 17.4 Å². The van der Waals surface area contributed by atoms with Crippen LogP contribution in [0.15, 0.2) is 12.3 Å². The zero-order valence-electron chi connectivity index (χ0n) is 7.49. The van der Waals surface area contributed by atoms with Crippen molar-refractivity contribution < 1.29 is 0 Å². The van der Waals surface area contributed by atoms with Crippen LogP contribution in [0.25, 0.3) is 0 Å². The molecule has 0 radical (unpaired) electrons. The van der Waals surface area contributed by atoms with Crippen LogP contribution in [0.5, 0.6) is 0 Å². The summed E-state index contributed by atoms with van der Waals surface area (Å²) < 4.78 is 0. The summed E-state index contributed by atoms with van der Waals surface area (Å²) in [6.07, 6.45) is 1.84. The van der Waals surface area contributed by atoms with E-state index in [0.717, 1.165) is 24.6 Å². The minimum absolute atomic E-state index is 0.565. The molecule has 3 heteroatoms. The molecule has 1 saturated heterocycles. The molecule has 1 aliphatic heterocycles. The van der Waals surface area contributed by atoms with E-state index in [9.17, 15) is 0 Å². The van der Waals surface area contributed by atoms with E-state index in [4.69, 9.17) is 0 Å². The van der Waals surface area contributed by atoms with Gasteiger partial charge in [-0.1, -0.05) is 0 Å². The molecule has 64 valence electrons. The summed E-state index contributed by atoms with van der Waals surface area (Å²) in [6, 6.07) is 1.94. The van der Waals surface area contributed by atoms with Crippen molar-refractivity contribution >= 4 is 0 Å². The van der Waals surface area contributed by atoms with Crippen molar-refractivity contribution in [2.75, 3.05) is 20.1 Å².